The van der Waals surface area contributed by atoms with Crippen molar-refractivity contribution in [3.8, 4) is 0 Å². The van der Waals surface area contributed by atoms with Crippen LogP contribution in [0.4, 0.5) is 4.79 Å². The Hall–Kier alpha value is -0.810. The number of hydrogen-bond donors (Lipinski definition) is 3. The molecular formula is C8H14ClN3O2. The molecule has 2 saturated heterocycles. The number of imide groups is 1. The van der Waals surface area contributed by atoms with Crippen LogP contribution in [-0.2, 0) is 4.79 Å². The van der Waals surface area contributed by atoms with Gasteiger partial charge in [0.1, 0.15) is 0 Å². The molecule has 3 amide bonds. The second kappa shape index (κ2) is 4.61. The first-order chi connectivity index (χ1) is 6.25. The molecule has 0 radical (unpaired) electrons. The Bertz CT molecular complexity index is 225. The molecule has 80 valence electrons. The third-order valence-electron chi connectivity index (χ3n) is 2.64. The lowest BCUT2D eigenvalue weighted by molar-refractivity contribution is -0.121. The molecule has 5 nitrogen and oxygen atoms in total. The third-order valence-corrected chi connectivity index (χ3v) is 2.64. The fraction of sp³-hybridized carbons (Fsp3) is 0.750. The predicted molar refractivity (Wildman–Crippen MR) is 53.3 cm³/mol. The maximum atomic E-state index is 11.0. The summed E-state index contributed by atoms with van der Waals surface area (Å²) in [5.41, 5.74) is 0. The lowest BCUT2D eigenvalue weighted by Crippen LogP contribution is -2.55. The van der Waals surface area contributed by atoms with Crippen LogP contribution in [0.25, 0.3) is 0 Å². The summed E-state index contributed by atoms with van der Waals surface area (Å²) in [6, 6.07) is -0.329. The van der Waals surface area contributed by atoms with Gasteiger partial charge in [-0.3, -0.25) is 10.1 Å². The van der Waals surface area contributed by atoms with Gasteiger partial charge in [0.25, 0.3) is 0 Å². The van der Waals surface area contributed by atoms with Crippen LogP contribution < -0.4 is 16.0 Å². The topological polar surface area (TPSA) is 70.2 Å². The van der Waals surface area contributed by atoms with Crippen LogP contribution >= 0.6 is 12.4 Å². The molecule has 2 heterocycles. The van der Waals surface area contributed by atoms with Gasteiger partial charge in [-0.25, -0.2) is 4.79 Å². The van der Waals surface area contributed by atoms with Gasteiger partial charge in [0, 0.05) is 12.5 Å². The van der Waals surface area contributed by atoms with Gasteiger partial charge in [-0.2, -0.15) is 0 Å². The second-order valence-electron chi connectivity index (χ2n) is 3.59. The van der Waals surface area contributed by atoms with E-state index >= 15 is 0 Å². The number of amides is 3. The molecule has 2 rings (SSSR count). The van der Waals surface area contributed by atoms with Crippen LogP contribution in [0.2, 0.25) is 0 Å². The first-order valence-electron chi connectivity index (χ1n) is 4.57. The summed E-state index contributed by atoms with van der Waals surface area (Å²) in [5.74, 6) is 0.246. The third kappa shape index (κ3) is 2.36. The summed E-state index contributed by atoms with van der Waals surface area (Å²) in [5, 5.41) is 8.22. The predicted octanol–water partition coefficient (Wildman–Crippen LogP) is -0.384. The van der Waals surface area contributed by atoms with Crippen molar-refractivity contribution in [3.05, 3.63) is 0 Å². The Morgan fingerprint density at radius 1 is 1.29 bits per heavy atom. The number of halogens is 1. The molecule has 0 aliphatic carbocycles. The number of hydrogen-bond acceptors (Lipinski definition) is 3. The lowest BCUT2D eigenvalue weighted by atomic mass is 9.95. The summed E-state index contributed by atoms with van der Waals surface area (Å²) >= 11 is 0. The zero-order chi connectivity index (χ0) is 9.26. The summed E-state index contributed by atoms with van der Waals surface area (Å²) in [4.78, 5) is 22.0. The molecule has 0 aromatic heterocycles. The lowest BCUT2D eigenvalue weighted by Gasteiger charge is -2.27. The molecule has 0 aromatic carbocycles. The van der Waals surface area contributed by atoms with Gasteiger partial charge in [0.05, 0.1) is 0 Å². The van der Waals surface area contributed by atoms with Crippen molar-refractivity contribution in [2.24, 2.45) is 5.92 Å². The molecular weight excluding hydrogens is 206 g/mol. The minimum atomic E-state index is -0.354. The number of rotatable bonds is 1. The smallest absolute Gasteiger partial charge is 0.321 e. The Labute approximate surface area is 88.4 Å². The van der Waals surface area contributed by atoms with E-state index in [1.807, 2.05) is 0 Å². The quantitative estimate of drug-likeness (QED) is 0.563. The molecule has 2 aliphatic rings. The minimum Gasteiger partial charge on any atom is -0.334 e. The van der Waals surface area contributed by atoms with E-state index in [1.165, 1.54) is 0 Å². The Balaban J connectivity index is 0.000000980. The highest BCUT2D eigenvalue weighted by Gasteiger charge is 2.31. The van der Waals surface area contributed by atoms with Crippen LogP contribution in [0.15, 0.2) is 0 Å². The summed E-state index contributed by atoms with van der Waals surface area (Å²) in [7, 11) is 0. The van der Waals surface area contributed by atoms with Crippen molar-refractivity contribution in [2.75, 3.05) is 13.1 Å². The van der Waals surface area contributed by atoms with E-state index < -0.39 is 0 Å². The molecule has 2 unspecified atom stereocenters. The Morgan fingerprint density at radius 2 is 2.07 bits per heavy atom. The molecule has 3 N–H and O–H groups in total. The molecule has 0 bridgehead atoms. The van der Waals surface area contributed by atoms with Crippen LogP contribution in [-0.4, -0.2) is 31.1 Å². The van der Waals surface area contributed by atoms with E-state index in [0.717, 1.165) is 19.5 Å². The van der Waals surface area contributed by atoms with E-state index in [4.69, 9.17) is 0 Å². The molecule has 14 heavy (non-hydrogen) atoms. The number of urea groups is 1. The molecule has 0 saturated carbocycles. The SMILES string of the molecule is Cl.O=C1CC(C2CCNC2)NC(=O)N1. The molecule has 0 spiro atoms. The van der Waals surface area contributed by atoms with E-state index in [1.54, 1.807) is 0 Å². The van der Waals surface area contributed by atoms with Gasteiger partial charge in [0.2, 0.25) is 5.91 Å². The van der Waals surface area contributed by atoms with Gasteiger partial charge in [-0.05, 0) is 25.4 Å². The second-order valence-corrected chi connectivity index (χ2v) is 3.59. The first kappa shape index (κ1) is 11.3. The minimum absolute atomic E-state index is 0. The fourth-order valence-electron chi connectivity index (χ4n) is 1.94. The van der Waals surface area contributed by atoms with Gasteiger partial charge < -0.3 is 10.6 Å². The maximum Gasteiger partial charge on any atom is 0.321 e. The van der Waals surface area contributed by atoms with Crippen LogP contribution in [0, 0.1) is 5.92 Å². The van der Waals surface area contributed by atoms with Gasteiger partial charge in [-0.1, -0.05) is 0 Å². The van der Waals surface area contributed by atoms with Crippen molar-refractivity contribution in [1.82, 2.24) is 16.0 Å². The van der Waals surface area contributed by atoms with Crippen molar-refractivity contribution < 1.29 is 9.59 Å². The molecule has 2 aliphatic heterocycles. The number of nitrogens with one attached hydrogen (secondary N) is 3. The average Bonchev–Trinajstić information content (AvgIpc) is 2.53. The fourth-order valence-corrected chi connectivity index (χ4v) is 1.94. The average molecular weight is 220 g/mol. The zero-order valence-corrected chi connectivity index (χ0v) is 8.52. The maximum absolute atomic E-state index is 11.0. The van der Waals surface area contributed by atoms with Gasteiger partial charge >= 0.3 is 6.03 Å². The van der Waals surface area contributed by atoms with Crippen LogP contribution in [0.3, 0.4) is 0 Å². The Kier molecular flexibility index (Phi) is 3.71. The van der Waals surface area contributed by atoms with Crippen molar-refractivity contribution >= 4 is 24.3 Å². The van der Waals surface area contributed by atoms with Gasteiger partial charge in [-0.15, -0.1) is 12.4 Å². The highest BCUT2D eigenvalue weighted by atomic mass is 35.5. The van der Waals surface area contributed by atoms with E-state index in [2.05, 4.69) is 16.0 Å². The monoisotopic (exact) mass is 219 g/mol. The van der Waals surface area contributed by atoms with Crippen molar-refractivity contribution in [1.29, 1.82) is 0 Å². The van der Waals surface area contributed by atoms with Gasteiger partial charge in [0.15, 0.2) is 0 Å². The largest absolute Gasteiger partial charge is 0.334 e. The standard InChI is InChI=1S/C8H13N3O2.ClH/c12-7-3-6(10-8(13)11-7)5-1-2-9-4-5;/h5-6,9H,1-4H2,(H2,10,11,12,13);1H. The number of carbonyl (C=O) groups is 2. The highest BCUT2D eigenvalue weighted by Crippen LogP contribution is 2.16. The normalized spacial score (nSPS) is 31.7. The number of carbonyl (C=O) groups excluding carboxylic acids is 2. The van der Waals surface area contributed by atoms with Crippen LogP contribution in [0.1, 0.15) is 12.8 Å². The molecule has 2 fully saturated rings. The zero-order valence-electron chi connectivity index (χ0n) is 7.71. The summed E-state index contributed by atoms with van der Waals surface area (Å²) < 4.78 is 0. The highest BCUT2D eigenvalue weighted by molar-refractivity contribution is 5.97. The molecule has 6 heteroatoms. The van der Waals surface area contributed by atoms with Crippen molar-refractivity contribution in [2.45, 2.75) is 18.9 Å². The van der Waals surface area contributed by atoms with E-state index in [0.29, 0.717) is 12.3 Å². The first-order valence-corrected chi connectivity index (χ1v) is 4.57. The van der Waals surface area contributed by atoms with E-state index in [-0.39, 0.29) is 30.4 Å². The van der Waals surface area contributed by atoms with E-state index in [9.17, 15) is 9.59 Å². The Morgan fingerprint density at radius 3 is 2.64 bits per heavy atom. The summed E-state index contributed by atoms with van der Waals surface area (Å²) in [6.45, 7) is 1.89. The molecule has 0 aromatic rings. The van der Waals surface area contributed by atoms with Crippen molar-refractivity contribution in [3.63, 3.8) is 0 Å². The summed E-state index contributed by atoms with van der Waals surface area (Å²) in [6.07, 6.45) is 1.45. The van der Waals surface area contributed by atoms with Crippen LogP contribution in [0.5, 0.6) is 0 Å². The molecule has 2 atom stereocenters.